The van der Waals surface area contributed by atoms with Crippen molar-refractivity contribution in [3.8, 4) is 12.1 Å². The van der Waals surface area contributed by atoms with Crippen LogP contribution in [0.3, 0.4) is 0 Å². The second-order valence-corrected chi connectivity index (χ2v) is 5.72. The topological polar surface area (TPSA) is 97.9 Å². The Morgan fingerprint density at radius 3 is 2.56 bits per heavy atom. The van der Waals surface area contributed by atoms with Crippen LogP contribution in [0.25, 0.3) is 0 Å². The van der Waals surface area contributed by atoms with E-state index in [4.69, 9.17) is 10.5 Å². The summed E-state index contributed by atoms with van der Waals surface area (Å²) in [5.74, 6) is 0. The molecule has 1 unspecified atom stereocenters. The summed E-state index contributed by atoms with van der Waals surface area (Å²) >= 11 is 0. The first-order valence-electron chi connectivity index (χ1n) is 5.14. The van der Waals surface area contributed by atoms with Crippen LogP contribution in [0.2, 0.25) is 0 Å². The summed E-state index contributed by atoms with van der Waals surface area (Å²) < 4.78 is 25.4. The van der Waals surface area contributed by atoms with Gasteiger partial charge in [0.1, 0.15) is 16.7 Å². The molecule has 0 saturated carbocycles. The predicted octanol–water partition coefficient (Wildman–Crippen LogP) is 0.876. The van der Waals surface area contributed by atoms with Crippen LogP contribution in [0.4, 0.5) is 0 Å². The first-order chi connectivity index (χ1) is 8.43. The van der Waals surface area contributed by atoms with Crippen LogP contribution in [0, 0.1) is 22.7 Å². The lowest BCUT2D eigenvalue weighted by Crippen LogP contribution is -2.34. The van der Waals surface area contributed by atoms with Gasteiger partial charge in [0, 0.05) is 19.3 Å². The zero-order valence-corrected chi connectivity index (χ0v) is 10.8. The number of pyridine rings is 1. The fraction of sp³-hybridized carbons (Fsp3) is 0.364. The van der Waals surface area contributed by atoms with Crippen LogP contribution in [-0.2, 0) is 10.0 Å². The number of nitriles is 2. The van der Waals surface area contributed by atoms with Crippen molar-refractivity contribution in [3.05, 3.63) is 24.0 Å². The van der Waals surface area contributed by atoms with Crippen molar-refractivity contribution in [2.75, 3.05) is 7.05 Å². The third-order valence-electron chi connectivity index (χ3n) is 2.54. The van der Waals surface area contributed by atoms with E-state index in [1.165, 1.54) is 19.2 Å². The van der Waals surface area contributed by atoms with E-state index in [2.05, 4.69) is 4.98 Å². The Morgan fingerprint density at radius 1 is 1.44 bits per heavy atom. The highest BCUT2D eigenvalue weighted by Gasteiger charge is 2.25. The van der Waals surface area contributed by atoms with Gasteiger partial charge >= 0.3 is 0 Å². The van der Waals surface area contributed by atoms with E-state index in [0.717, 1.165) is 10.5 Å². The van der Waals surface area contributed by atoms with Crippen LogP contribution in [0.15, 0.2) is 23.2 Å². The van der Waals surface area contributed by atoms with Gasteiger partial charge in [-0.2, -0.15) is 14.8 Å². The molecule has 0 spiro atoms. The fourth-order valence-electron chi connectivity index (χ4n) is 1.26. The average Bonchev–Trinajstić information content (AvgIpc) is 2.38. The molecule has 0 aromatic carbocycles. The number of hydrogen-bond donors (Lipinski definition) is 0. The van der Waals surface area contributed by atoms with E-state index in [1.807, 2.05) is 12.1 Å². The molecule has 0 radical (unpaired) electrons. The molecule has 1 aromatic rings. The summed E-state index contributed by atoms with van der Waals surface area (Å²) in [5, 5.41) is 17.2. The smallest absolute Gasteiger partial charge is 0.244 e. The minimum absolute atomic E-state index is 0.00814. The molecule has 1 rings (SSSR count). The highest BCUT2D eigenvalue weighted by Crippen LogP contribution is 2.16. The van der Waals surface area contributed by atoms with Crippen LogP contribution >= 0.6 is 0 Å². The summed E-state index contributed by atoms with van der Waals surface area (Å²) in [6, 6.07) is 5.99. The SMILES string of the molecule is CC(CC#N)N(C)S(=O)(=O)c1ccc(C#N)nc1. The van der Waals surface area contributed by atoms with Gasteiger partial charge in [-0.1, -0.05) is 0 Å². The van der Waals surface area contributed by atoms with Gasteiger partial charge in [-0.25, -0.2) is 13.4 Å². The van der Waals surface area contributed by atoms with Crippen molar-refractivity contribution in [2.24, 2.45) is 0 Å². The third kappa shape index (κ3) is 2.83. The summed E-state index contributed by atoms with van der Waals surface area (Å²) in [5.41, 5.74) is 0.154. The Labute approximate surface area is 106 Å². The van der Waals surface area contributed by atoms with Crippen LogP contribution in [-0.4, -0.2) is 30.8 Å². The molecule has 0 fully saturated rings. The van der Waals surface area contributed by atoms with E-state index in [-0.39, 0.29) is 17.0 Å². The van der Waals surface area contributed by atoms with E-state index in [0.29, 0.717) is 0 Å². The molecule has 0 aliphatic rings. The Balaban J connectivity index is 3.06. The Bertz CT molecular complexity index is 595. The first-order valence-corrected chi connectivity index (χ1v) is 6.58. The highest BCUT2D eigenvalue weighted by molar-refractivity contribution is 7.89. The molecule has 0 saturated heterocycles. The van der Waals surface area contributed by atoms with E-state index in [1.54, 1.807) is 6.92 Å². The van der Waals surface area contributed by atoms with E-state index < -0.39 is 16.1 Å². The van der Waals surface area contributed by atoms with Crippen molar-refractivity contribution in [1.82, 2.24) is 9.29 Å². The second-order valence-electron chi connectivity index (χ2n) is 3.72. The van der Waals surface area contributed by atoms with Gasteiger partial charge in [0.2, 0.25) is 10.0 Å². The number of rotatable bonds is 4. The van der Waals surface area contributed by atoms with Crippen molar-refractivity contribution in [1.29, 1.82) is 10.5 Å². The monoisotopic (exact) mass is 264 g/mol. The number of nitrogens with zero attached hydrogens (tertiary/aromatic N) is 4. The third-order valence-corrected chi connectivity index (χ3v) is 4.49. The molecule has 7 heteroatoms. The highest BCUT2D eigenvalue weighted by atomic mass is 32.2. The lowest BCUT2D eigenvalue weighted by Gasteiger charge is -2.22. The fourth-order valence-corrected chi connectivity index (χ4v) is 2.57. The predicted molar refractivity (Wildman–Crippen MR) is 63.6 cm³/mol. The standard InChI is InChI=1S/C11H12N4O2S/c1-9(5-6-12)15(2)18(16,17)11-4-3-10(7-13)14-8-11/h3-4,8-9H,5H2,1-2H3. The van der Waals surface area contributed by atoms with Crippen LogP contribution in [0.1, 0.15) is 19.0 Å². The minimum Gasteiger partial charge on any atom is -0.244 e. The molecule has 0 N–H and O–H groups in total. The van der Waals surface area contributed by atoms with Crippen molar-refractivity contribution in [2.45, 2.75) is 24.3 Å². The molecule has 0 bridgehead atoms. The summed E-state index contributed by atoms with van der Waals surface area (Å²) in [6.45, 7) is 1.65. The second kappa shape index (κ2) is 5.58. The summed E-state index contributed by atoms with van der Waals surface area (Å²) in [6.07, 6.45) is 1.25. The summed E-state index contributed by atoms with van der Waals surface area (Å²) in [4.78, 5) is 3.73. The molecule has 0 aliphatic carbocycles. The van der Waals surface area contributed by atoms with Gasteiger partial charge in [0.25, 0.3) is 0 Å². The maximum absolute atomic E-state index is 12.1. The number of sulfonamides is 1. The van der Waals surface area contributed by atoms with Crippen LogP contribution in [0.5, 0.6) is 0 Å². The molecule has 1 atom stereocenters. The van der Waals surface area contributed by atoms with E-state index in [9.17, 15) is 8.42 Å². The first kappa shape index (κ1) is 14.1. The van der Waals surface area contributed by atoms with Crippen molar-refractivity contribution in [3.63, 3.8) is 0 Å². The van der Waals surface area contributed by atoms with Crippen molar-refractivity contribution >= 4 is 10.0 Å². The molecule has 94 valence electrons. The van der Waals surface area contributed by atoms with Gasteiger partial charge in [-0.3, -0.25) is 0 Å². The summed E-state index contributed by atoms with van der Waals surface area (Å²) in [7, 11) is -2.26. The van der Waals surface area contributed by atoms with Gasteiger partial charge in [0.15, 0.2) is 0 Å². The molecule has 0 amide bonds. The largest absolute Gasteiger partial charge is 0.244 e. The Morgan fingerprint density at radius 2 is 2.11 bits per heavy atom. The zero-order chi connectivity index (χ0) is 13.8. The molecule has 18 heavy (non-hydrogen) atoms. The lowest BCUT2D eigenvalue weighted by molar-refractivity contribution is 0.393. The number of aromatic nitrogens is 1. The number of hydrogen-bond acceptors (Lipinski definition) is 5. The Hall–Kier alpha value is -1.96. The zero-order valence-electron chi connectivity index (χ0n) is 10.0. The van der Waals surface area contributed by atoms with Crippen LogP contribution < -0.4 is 0 Å². The van der Waals surface area contributed by atoms with Gasteiger partial charge in [-0.05, 0) is 19.1 Å². The van der Waals surface area contributed by atoms with Gasteiger partial charge in [-0.15, -0.1) is 0 Å². The molecule has 1 aromatic heterocycles. The molecule has 0 aliphatic heterocycles. The van der Waals surface area contributed by atoms with Gasteiger partial charge < -0.3 is 0 Å². The molecule has 6 nitrogen and oxygen atoms in total. The van der Waals surface area contributed by atoms with E-state index >= 15 is 0 Å². The normalized spacial score (nSPS) is 12.7. The van der Waals surface area contributed by atoms with Gasteiger partial charge in [0.05, 0.1) is 12.5 Å². The minimum atomic E-state index is -3.68. The lowest BCUT2D eigenvalue weighted by atomic mass is 10.3. The maximum Gasteiger partial charge on any atom is 0.244 e. The Kier molecular flexibility index (Phi) is 4.38. The maximum atomic E-state index is 12.1. The quantitative estimate of drug-likeness (QED) is 0.803. The average molecular weight is 264 g/mol. The van der Waals surface area contributed by atoms with Crippen molar-refractivity contribution < 1.29 is 8.42 Å². The molecular formula is C11H12N4O2S. The molecule has 1 heterocycles. The molecular weight excluding hydrogens is 252 g/mol.